The summed E-state index contributed by atoms with van der Waals surface area (Å²) in [4.78, 5) is 0. The molecule has 148 valence electrons. The van der Waals surface area contributed by atoms with Crippen LogP contribution in [0.3, 0.4) is 0 Å². The molecular weight excluding hydrogens is 435 g/mol. The van der Waals surface area contributed by atoms with Crippen LogP contribution in [0.25, 0.3) is 3.59 Å². The summed E-state index contributed by atoms with van der Waals surface area (Å²) in [5.74, 6) is 0. The minimum atomic E-state index is -2.40. The molecule has 2 heteroatoms. The van der Waals surface area contributed by atoms with Crippen molar-refractivity contribution in [2.24, 2.45) is 0 Å². The van der Waals surface area contributed by atoms with E-state index in [1.165, 1.54) is 44.1 Å². The normalized spacial score (nSPS) is 13.3. The van der Waals surface area contributed by atoms with E-state index >= 15 is 0 Å². The van der Waals surface area contributed by atoms with Crippen LogP contribution in [-0.4, -0.2) is 26.5 Å². The first-order valence-corrected chi connectivity index (χ1v) is 22.1. The number of aryl methyl sites for hydroxylation is 1. The van der Waals surface area contributed by atoms with Gasteiger partial charge in [0, 0.05) is 0 Å². The van der Waals surface area contributed by atoms with Crippen molar-refractivity contribution < 1.29 is 0 Å². The van der Waals surface area contributed by atoms with Gasteiger partial charge in [-0.1, -0.05) is 0 Å². The molecule has 0 spiro atoms. The summed E-state index contributed by atoms with van der Waals surface area (Å²) in [5, 5.41) is 0. The molecular formula is C24H44SiSn. The summed E-state index contributed by atoms with van der Waals surface area (Å²) >= 11 is -2.40. The van der Waals surface area contributed by atoms with Gasteiger partial charge in [0.1, 0.15) is 0 Å². The monoisotopic (exact) mass is 480 g/mol. The van der Waals surface area contributed by atoms with Gasteiger partial charge >= 0.3 is 170 Å². The first-order chi connectivity index (χ1) is 12.3. The third-order valence-electron chi connectivity index (χ3n) is 5.54. The molecule has 0 aromatic heterocycles. The van der Waals surface area contributed by atoms with Crippen LogP contribution in [0.4, 0.5) is 0 Å². The van der Waals surface area contributed by atoms with E-state index in [1.807, 2.05) is 3.59 Å². The fourth-order valence-corrected chi connectivity index (χ4v) is 27.2. The van der Waals surface area contributed by atoms with E-state index < -0.39 is 26.5 Å². The number of rotatable bonds is 12. The summed E-state index contributed by atoms with van der Waals surface area (Å²) in [6, 6.07) is 9.56. The predicted octanol–water partition coefficient (Wildman–Crippen LogP) is 8.64. The second-order valence-electron chi connectivity index (χ2n) is 9.38. The minimum absolute atomic E-state index is 1.25. The van der Waals surface area contributed by atoms with Crippen LogP contribution in [0.2, 0.25) is 33.0 Å². The first-order valence-electron chi connectivity index (χ1n) is 11.1. The van der Waals surface area contributed by atoms with Gasteiger partial charge < -0.3 is 0 Å². The molecule has 0 atom stereocenters. The Labute approximate surface area is 169 Å². The van der Waals surface area contributed by atoms with Crippen molar-refractivity contribution in [2.45, 2.75) is 99.2 Å². The number of hydrogen-bond acceptors (Lipinski definition) is 0. The zero-order valence-electron chi connectivity index (χ0n) is 18.8. The molecule has 0 aliphatic heterocycles. The van der Waals surface area contributed by atoms with E-state index in [2.05, 4.69) is 77.3 Å². The van der Waals surface area contributed by atoms with Gasteiger partial charge in [0.05, 0.1) is 0 Å². The van der Waals surface area contributed by atoms with E-state index in [4.69, 9.17) is 0 Å². The van der Waals surface area contributed by atoms with Gasteiger partial charge in [-0.05, 0) is 0 Å². The molecule has 1 aromatic rings. The Hall–Kier alpha value is -0.0244. The maximum atomic E-state index is 2.83. The molecule has 0 radical (unpaired) electrons. The van der Waals surface area contributed by atoms with Gasteiger partial charge in [0.25, 0.3) is 0 Å². The van der Waals surface area contributed by atoms with E-state index in [0.717, 1.165) is 0 Å². The summed E-state index contributed by atoms with van der Waals surface area (Å²) in [5.41, 5.74) is 5.80. The second kappa shape index (κ2) is 11.7. The number of hydrogen-bond donors (Lipinski definition) is 0. The summed E-state index contributed by atoms with van der Waals surface area (Å²) in [6.45, 7) is 16.9. The molecule has 0 aliphatic rings. The fourth-order valence-electron chi connectivity index (χ4n) is 4.03. The van der Waals surface area contributed by atoms with Crippen molar-refractivity contribution in [2.75, 3.05) is 0 Å². The number of benzene rings is 1. The van der Waals surface area contributed by atoms with Crippen LogP contribution in [-0.2, 0) is 0 Å². The molecule has 1 aromatic carbocycles. The average Bonchev–Trinajstić information content (AvgIpc) is 2.60. The van der Waals surface area contributed by atoms with Crippen molar-refractivity contribution in [3.8, 4) is 0 Å². The molecule has 0 N–H and O–H groups in total. The standard InChI is InChI=1S/C12H17Si.3C4H9.Sn/c1-11-5-7-12(8-6-11)9-10-13(2,3)4;3*1-3-4-2;/h5-8,10H,1-4H3;3*1,3-4H2,2H3;. The quantitative estimate of drug-likeness (QED) is 0.263. The van der Waals surface area contributed by atoms with Gasteiger partial charge in [-0.25, -0.2) is 0 Å². The summed E-state index contributed by atoms with van der Waals surface area (Å²) < 4.78 is 6.59. The van der Waals surface area contributed by atoms with Crippen LogP contribution in [0.5, 0.6) is 0 Å². The molecule has 0 saturated heterocycles. The van der Waals surface area contributed by atoms with E-state index in [1.54, 1.807) is 18.9 Å². The molecule has 0 nitrogen and oxygen atoms in total. The fraction of sp³-hybridized carbons (Fsp3) is 0.667. The van der Waals surface area contributed by atoms with Gasteiger partial charge in [0.15, 0.2) is 0 Å². The summed E-state index contributed by atoms with van der Waals surface area (Å²) in [7, 11) is -1.25. The van der Waals surface area contributed by atoms with Crippen LogP contribution >= 0.6 is 0 Å². The third kappa shape index (κ3) is 7.92. The van der Waals surface area contributed by atoms with Gasteiger partial charge in [-0.15, -0.1) is 0 Å². The predicted molar refractivity (Wildman–Crippen MR) is 127 cm³/mol. The Kier molecular flexibility index (Phi) is 10.8. The first kappa shape index (κ1) is 24.0. The van der Waals surface area contributed by atoms with Crippen LogP contribution in [0.1, 0.15) is 70.4 Å². The summed E-state index contributed by atoms with van der Waals surface area (Å²) in [6.07, 6.45) is 8.39. The van der Waals surface area contributed by atoms with E-state index in [0.29, 0.717) is 0 Å². The molecule has 0 aliphatic carbocycles. The third-order valence-corrected chi connectivity index (χ3v) is 23.2. The topological polar surface area (TPSA) is 0 Å². The van der Waals surface area contributed by atoms with Crippen LogP contribution in [0.15, 0.2) is 30.0 Å². The molecule has 1 rings (SSSR count). The van der Waals surface area contributed by atoms with Crippen molar-refractivity contribution in [1.29, 1.82) is 0 Å². The Morgan fingerprint density at radius 2 is 1.23 bits per heavy atom. The molecule has 0 unspecified atom stereocenters. The van der Waals surface area contributed by atoms with Gasteiger partial charge in [-0.2, -0.15) is 0 Å². The molecule has 0 bridgehead atoms. The Bertz CT molecular complexity index is 515. The van der Waals surface area contributed by atoms with Crippen molar-refractivity contribution in [1.82, 2.24) is 0 Å². The maximum absolute atomic E-state index is 2.83. The van der Waals surface area contributed by atoms with Crippen molar-refractivity contribution >= 4 is 30.0 Å². The van der Waals surface area contributed by atoms with Crippen LogP contribution in [0, 0.1) is 6.92 Å². The zero-order valence-corrected chi connectivity index (χ0v) is 22.6. The molecule has 0 saturated carbocycles. The van der Waals surface area contributed by atoms with E-state index in [-0.39, 0.29) is 0 Å². The zero-order chi connectivity index (χ0) is 19.6. The van der Waals surface area contributed by atoms with Crippen molar-refractivity contribution in [3.63, 3.8) is 0 Å². The molecule has 0 amide bonds. The SMILES string of the molecule is CCC[CH2][Sn]([CH2]CCC)([CH2]CCC)/[C](=C/[Si](C)(C)C)c1ccc(C)cc1. The molecule has 26 heavy (non-hydrogen) atoms. The Balaban J connectivity index is 3.49. The average molecular weight is 479 g/mol. The van der Waals surface area contributed by atoms with Crippen molar-refractivity contribution in [3.05, 3.63) is 41.1 Å². The molecule has 0 fully saturated rings. The van der Waals surface area contributed by atoms with Gasteiger partial charge in [-0.3, -0.25) is 0 Å². The van der Waals surface area contributed by atoms with Gasteiger partial charge in [0.2, 0.25) is 0 Å². The second-order valence-corrected chi connectivity index (χ2v) is 27.5. The van der Waals surface area contributed by atoms with E-state index in [9.17, 15) is 0 Å². The Morgan fingerprint density at radius 1 is 0.808 bits per heavy atom. The molecule has 0 heterocycles. The van der Waals surface area contributed by atoms with Crippen LogP contribution < -0.4 is 0 Å². The number of unbranched alkanes of at least 4 members (excludes halogenated alkanes) is 3. The Morgan fingerprint density at radius 3 is 1.58 bits per heavy atom.